The van der Waals surface area contributed by atoms with Crippen molar-refractivity contribution < 1.29 is 33.6 Å². The Balaban J connectivity index is 0.000000309. The summed E-state index contributed by atoms with van der Waals surface area (Å²) >= 11 is 0. The van der Waals surface area contributed by atoms with Gasteiger partial charge in [-0.15, -0.1) is 0 Å². The van der Waals surface area contributed by atoms with Gasteiger partial charge >= 0.3 is 0 Å². The molecule has 3 fully saturated rings. The van der Waals surface area contributed by atoms with Crippen molar-refractivity contribution in [2.75, 3.05) is 0 Å². The van der Waals surface area contributed by atoms with Crippen LogP contribution in [0.1, 0.15) is 118 Å². The van der Waals surface area contributed by atoms with Crippen LogP contribution in [0.4, 0.5) is 0 Å². The number of Topliss-reactive ketones (excluding diaryl/α,β-unsaturated/α-hetero) is 7. The lowest BCUT2D eigenvalue weighted by Crippen LogP contribution is -2.60. The van der Waals surface area contributed by atoms with Gasteiger partial charge in [0.2, 0.25) is 0 Å². The molecule has 0 unspecified atom stereocenters. The number of rotatable bonds is 0. The van der Waals surface area contributed by atoms with Crippen molar-refractivity contribution >= 4 is 40.5 Å². The van der Waals surface area contributed by atoms with Gasteiger partial charge in [-0.1, -0.05) is 69.2 Å². The molecule has 0 saturated heterocycles. The number of ketones is 7. The van der Waals surface area contributed by atoms with Crippen LogP contribution in [-0.2, 0) is 33.6 Å². The molecule has 0 aromatic rings. The van der Waals surface area contributed by atoms with Gasteiger partial charge in [0.25, 0.3) is 0 Å². The molecular weight excluding hydrogens is 520 g/mol. The van der Waals surface area contributed by atoms with E-state index in [2.05, 4.69) is 0 Å². The fraction of sp³-hybridized carbons (Fsp3) is 0.794. The third-order valence-corrected chi connectivity index (χ3v) is 11.9. The van der Waals surface area contributed by atoms with Gasteiger partial charge in [0, 0.05) is 21.7 Å². The van der Waals surface area contributed by atoms with E-state index in [0.29, 0.717) is 0 Å². The largest absolute Gasteiger partial charge is 0.298 e. The molecule has 0 atom stereocenters. The van der Waals surface area contributed by atoms with Crippen molar-refractivity contribution in [2.24, 2.45) is 55.7 Å². The zero-order valence-corrected chi connectivity index (χ0v) is 28.6. The summed E-state index contributed by atoms with van der Waals surface area (Å²) in [5.41, 5.74) is -4.21. The van der Waals surface area contributed by atoms with Crippen LogP contribution in [0.25, 0.3) is 0 Å². The van der Waals surface area contributed by atoms with Crippen molar-refractivity contribution in [2.45, 2.75) is 118 Å². The second-order valence-electron chi connectivity index (χ2n) is 16.1. The summed E-state index contributed by atoms with van der Waals surface area (Å²) in [5, 5.41) is 0. The highest BCUT2D eigenvalue weighted by Crippen LogP contribution is 2.57. The lowest BCUT2D eigenvalue weighted by atomic mass is 9.46. The Labute approximate surface area is 247 Å². The third-order valence-electron chi connectivity index (χ3n) is 11.9. The van der Waals surface area contributed by atoms with Crippen molar-refractivity contribution in [1.82, 2.24) is 0 Å². The number of hydrogen-bond donors (Lipinski definition) is 0. The molecule has 0 spiro atoms. The predicted molar refractivity (Wildman–Crippen MR) is 159 cm³/mol. The molecule has 3 saturated carbocycles. The fourth-order valence-electron chi connectivity index (χ4n) is 6.62. The second-order valence-corrected chi connectivity index (χ2v) is 16.1. The second kappa shape index (κ2) is 10.4. The minimum atomic E-state index is -1.02. The van der Waals surface area contributed by atoms with Gasteiger partial charge in [-0.25, -0.2) is 0 Å². The smallest absolute Gasteiger partial charge is 0.158 e. The molecule has 0 aliphatic heterocycles. The summed E-state index contributed by atoms with van der Waals surface area (Å²) in [4.78, 5) is 82.9. The standard InChI is InChI=1S/C13H22O2.C11H16O3.C10H16O2/c1-8-9(14)11(2,3)13(6,7)12(4,5)10(8)15;1-6-7(12)10(2,3)9(14)11(4,5)8(6)13;1-6-7(11)9(2,3)10(4,5)8(6)12/h8H,1-7H3;6H,1-5H3;6H,1-5H3. The van der Waals surface area contributed by atoms with Crippen LogP contribution in [0.5, 0.6) is 0 Å². The van der Waals surface area contributed by atoms with Crippen molar-refractivity contribution in [3.8, 4) is 0 Å². The molecule has 7 nitrogen and oxygen atoms in total. The van der Waals surface area contributed by atoms with Crippen LogP contribution < -0.4 is 0 Å². The van der Waals surface area contributed by atoms with Gasteiger partial charge < -0.3 is 0 Å². The Morgan fingerprint density at radius 3 is 0.756 bits per heavy atom. The Hall–Kier alpha value is -2.31. The van der Waals surface area contributed by atoms with Gasteiger partial charge in [-0.2, -0.15) is 0 Å². The first-order valence-corrected chi connectivity index (χ1v) is 14.6. The SMILES string of the molecule is CC1C(=O)C(C)(C)C(=O)C(C)(C)C1=O.CC1C(=O)C(C)(C)C(C)(C)C(C)(C)C1=O.CC1C(=O)C(C)(C)C(C)(C)C1=O. The van der Waals surface area contributed by atoms with E-state index in [0.717, 1.165) is 0 Å². The van der Waals surface area contributed by atoms with E-state index in [9.17, 15) is 33.6 Å². The van der Waals surface area contributed by atoms with Gasteiger partial charge in [0.15, 0.2) is 17.3 Å². The van der Waals surface area contributed by atoms with E-state index in [1.54, 1.807) is 48.5 Å². The van der Waals surface area contributed by atoms with Gasteiger partial charge in [-0.3, -0.25) is 33.6 Å². The first-order chi connectivity index (χ1) is 17.8. The number of hydrogen-bond acceptors (Lipinski definition) is 7. The van der Waals surface area contributed by atoms with Crippen LogP contribution in [0.15, 0.2) is 0 Å². The highest BCUT2D eigenvalue weighted by molar-refractivity contribution is 6.27. The van der Waals surface area contributed by atoms with Crippen LogP contribution in [0.3, 0.4) is 0 Å². The van der Waals surface area contributed by atoms with Crippen molar-refractivity contribution in [3.63, 3.8) is 0 Å². The lowest BCUT2D eigenvalue weighted by Gasteiger charge is -2.55. The van der Waals surface area contributed by atoms with E-state index < -0.39 is 50.2 Å². The number of carbonyl (C=O) groups excluding carboxylic acids is 7. The average Bonchev–Trinajstić information content (AvgIpc) is 2.96. The highest BCUT2D eigenvalue weighted by Gasteiger charge is 2.62. The molecule has 0 amide bonds. The Bertz CT molecular complexity index is 1100. The van der Waals surface area contributed by atoms with E-state index in [-0.39, 0.29) is 45.9 Å². The molecule has 3 aliphatic rings. The monoisotopic (exact) mass is 574 g/mol. The summed E-state index contributed by atoms with van der Waals surface area (Å²) in [6.07, 6.45) is 0. The normalized spacial score (nSPS) is 28.1. The van der Waals surface area contributed by atoms with Crippen LogP contribution in [0.2, 0.25) is 0 Å². The topological polar surface area (TPSA) is 119 Å². The summed E-state index contributed by atoms with van der Waals surface area (Å²) in [6, 6.07) is 0. The molecule has 0 radical (unpaired) electrons. The Morgan fingerprint density at radius 1 is 0.341 bits per heavy atom. The fourth-order valence-corrected chi connectivity index (χ4v) is 6.62. The Kier molecular flexibility index (Phi) is 9.36. The molecule has 3 rings (SSSR count). The minimum Gasteiger partial charge on any atom is -0.298 e. The van der Waals surface area contributed by atoms with Gasteiger partial charge in [0.1, 0.15) is 23.1 Å². The molecule has 0 aromatic heterocycles. The molecule has 232 valence electrons. The molecule has 3 aliphatic carbocycles. The van der Waals surface area contributed by atoms with Crippen LogP contribution in [-0.4, -0.2) is 40.5 Å². The van der Waals surface area contributed by atoms with Crippen LogP contribution in [0, 0.1) is 55.7 Å². The highest BCUT2D eigenvalue weighted by atomic mass is 16.2. The van der Waals surface area contributed by atoms with Crippen molar-refractivity contribution in [3.05, 3.63) is 0 Å². The summed E-state index contributed by atoms with van der Waals surface area (Å²) in [6.45, 7) is 30.7. The molecule has 0 N–H and O–H groups in total. The zero-order chi connectivity index (χ0) is 33.3. The average molecular weight is 575 g/mol. The van der Waals surface area contributed by atoms with Crippen LogP contribution >= 0.6 is 0 Å². The quantitative estimate of drug-likeness (QED) is 0.322. The summed E-state index contributed by atoms with van der Waals surface area (Å²) in [7, 11) is 0. The first kappa shape index (κ1) is 36.7. The van der Waals surface area contributed by atoms with E-state index in [1.807, 2.05) is 69.2 Å². The predicted octanol–water partition coefficient (Wildman–Crippen LogP) is 6.08. The zero-order valence-electron chi connectivity index (χ0n) is 28.6. The Morgan fingerprint density at radius 2 is 0.537 bits per heavy atom. The van der Waals surface area contributed by atoms with Gasteiger partial charge in [-0.05, 0) is 53.9 Å². The molecule has 41 heavy (non-hydrogen) atoms. The maximum Gasteiger partial charge on any atom is 0.158 e. The summed E-state index contributed by atoms with van der Waals surface area (Å²) in [5.74, 6) is -1.98. The summed E-state index contributed by atoms with van der Waals surface area (Å²) < 4.78 is 0. The van der Waals surface area contributed by atoms with Gasteiger partial charge in [0.05, 0.1) is 28.6 Å². The molecule has 0 aromatic carbocycles. The van der Waals surface area contributed by atoms with Crippen molar-refractivity contribution in [1.29, 1.82) is 0 Å². The molecule has 7 heteroatoms. The first-order valence-electron chi connectivity index (χ1n) is 14.6. The van der Waals surface area contributed by atoms with E-state index in [1.165, 1.54) is 0 Å². The van der Waals surface area contributed by atoms with E-state index in [4.69, 9.17) is 0 Å². The molecule has 0 bridgehead atoms. The maximum atomic E-state index is 12.1. The molecular formula is C34H54O7. The lowest BCUT2D eigenvalue weighted by molar-refractivity contribution is -0.167. The van der Waals surface area contributed by atoms with E-state index >= 15 is 0 Å². The molecule has 0 heterocycles. The third kappa shape index (κ3) is 5.14. The maximum absolute atomic E-state index is 12.1. The minimum absolute atomic E-state index is 0.0804. The number of carbonyl (C=O) groups is 7.